The Balaban J connectivity index is 2.88. The van der Waals surface area contributed by atoms with Gasteiger partial charge in [-0.2, -0.15) is 0 Å². The lowest BCUT2D eigenvalue weighted by Crippen LogP contribution is -2.33. The second-order valence-corrected chi connectivity index (χ2v) is 5.88. The molecule has 0 radical (unpaired) electrons. The summed E-state index contributed by atoms with van der Waals surface area (Å²) in [6.45, 7) is 5.07. The van der Waals surface area contributed by atoms with E-state index < -0.39 is 5.60 Å². The normalized spacial score (nSPS) is 12.8. The van der Waals surface area contributed by atoms with E-state index in [1.165, 1.54) is 5.56 Å². The van der Waals surface area contributed by atoms with Crippen molar-refractivity contribution in [1.29, 1.82) is 0 Å². The van der Waals surface area contributed by atoms with Crippen LogP contribution in [0.25, 0.3) is 0 Å². The molecule has 0 bridgehead atoms. The molecule has 17 heavy (non-hydrogen) atoms. The van der Waals surface area contributed by atoms with Crippen LogP contribution in [-0.4, -0.2) is 30.7 Å². The van der Waals surface area contributed by atoms with Crippen molar-refractivity contribution in [3.05, 3.63) is 35.4 Å². The molecule has 0 aromatic heterocycles. The first kappa shape index (κ1) is 14.2. The van der Waals surface area contributed by atoms with Gasteiger partial charge in [0.05, 0.1) is 26.7 Å². The summed E-state index contributed by atoms with van der Waals surface area (Å²) in [4.78, 5) is 0. The number of rotatable bonds is 5. The Morgan fingerprint density at radius 2 is 1.47 bits per heavy atom. The van der Waals surface area contributed by atoms with Crippen molar-refractivity contribution in [3.8, 4) is 0 Å². The lowest BCUT2D eigenvalue weighted by atomic mass is 9.88. The van der Waals surface area contributed by atoms with Gasteiger partial charge in [-0.25, -0.2) is 0 Å². The SMILES string of the molecule is CCC(O)(CC)c1ccc(C[N+](C)(C)C)cc1. The topological polar surface area (TPSA) is 20.2 Å². The second kappa shape index (κ2) is 5.19. The van der Waals surface area contributed by atoms with Crippen molar-refractivity contribution < 1.29 is 9.59 Å². The van der Waals surface area contributed by atoms with Gasteiger partial charge in [0.15, 0.2) is 0 Å². The predicted molar refractivity (Wildman–Crippen MR) is 72.7 cm³/mol. The lowest BCUT2D eigenvalue weighted by Gasteiger charge is -2.27. The molecule has 1 aromatic rings. The summed E-state index contributed by atoms with van der Waals surface area (Å²) < 4.78 is 0.922. The van der Waals surface area contributed by atoms with E-state index in [0.29, 0.717) is 0 Å². The van der Waals surface area contributed by atoms with E-state index in [9.17, 15) is 5.11 Å². The largest absolute Gasteiger partial charge is 0.385 e. The zero-order valence-corrected chi connectivity index (χ0v) is 11.8. The molecular weight excluding hydrogens is 210 g/mol. The van der Waals surface area contributed by atoms with E-state index in [1.807, 2.05) is 13.8 Å². The van der Waals surface area contributed by atoms with E-state index in [2.05, 4.69) is 45.4 Å². The molecule has 0 saturated carbocycles. The molecule has 2 nitrogen and oxygen atoms in total. The molecule has 0 fully saturated rings. The molecule has 0 spiro atoms. The zero-order chi connectivity index (χ0) is 13.1. The van der Waals surface area contributed by atoms with Gasteiger partial charge in [0.1, 0.15) is 6.54 Å². The van der Waals surface area contributed by atoms with E-state index in [-0.39, 0.29) is 0 Å². The highest BCUT2D eigenvalue weighted by molar-refractivity contribution is 5.26. The van der Waals surface area contributed by atoms with Crippen LogP contribution < -0.4 is 0 Å². The number of aliphatic hydroxyl groups is 1. The van der Waals surface area contributed by atoms with E-state index in [1.54, 1.807) is 0 Å². The highest BCUT2D eigenvalue weighted by Gasteiger charge is 2.24. The van der Waals surface area contributed by atoms with Crippen LogP contribution in [0.15, 0.2) is 24.3 Å². The molecule has 96 valence electrons. The van der Waals surface area contributed by atoms with Crippen LogP contribution in [0.4, 0.5) is 0 Å². The maximum absolute atomic E-state index is 10.4. The zero-order valence-electron chi connectivity index (χ0n) is 11.8. The third-order valence-corrected chi connectivity index (χ3v) is 3.32. The van der Waals surface area contributed by atoms with E-state index in [4.69, 9.17) is 0 Å². The highest BCUT2D eigenvalue weighted by atomic mass is 16.3. The van der Waals surface area contributed by atoms with E-state index in [0.717, 1.165) is 29.4 Å². The van der Waals surface area contributed by atoms with Crippen molar-refractivity contribution in [2.75, 3.05) is 21.1 Å². The van der Waals surface area contributed by atoms with Crippen LogP contribution in [0.2, 0.25) is 0 Å². The maximum atomic E-state index is 10.4. The first-order valence-corrected chi connectivity index (χ1v) is 6.43. The van der Waals surface area contributed by atoms with Gasteiger partial charge in [-0.05, 0) is 18.4 Å². The van der Waals surface area contributed by atoms with Gasteiger partial charge in [-0.15, -0.1) is 0 Å². The molecule has 0 saturated heterocycles. The Labute approximate surface area is 105 Å². The molecule has 2 heteroatoms. The number of benzene rings is 1. The fraction of sp³-hybridized carbons (Fsp3) is 0.600. The summed E-state index contributed by atoms with van der Waals surface area (Å²) in [5, 5.41) is 10.4. The molecule has 0 heterocycles. The van der Waals surface area contributed by atoms with Crippen LogP contribution in [0, 0.1) is 0 Å². The molecular formula is C15H26NO+. The first-order chi connectivity index (χ1) is 7.80. The van der Waals surface area contributed by atoms with Crippen molar-refractivity contribution in [2.24, 2.45) is 0 Å². The van der Waals surface area contributed by atoms with Crippen molar-refractivity contribution >= 4 is 0 Å². The summed E-state index contributed by atoms with van der Waals surface area (Å²) in [6.07, 6.45) is 1.52. The molecule has 0 unspecified atom stereocenters. The maximum Gasteiger partial charge on any atom is 0.104 e. The monoisotopic (exact) mass is 236 g/mol. The fourth-order valence-corrected chi connectivity index (χ4v) is 2.13. The van der Waals surface area contributed by atoms with Gasteiger partial charge in [0, 0.05) is 5.56 Å². The number of quaternary nitrogens is 1. The minimum Gasteiger partial charge on any atom is -0.385 e. The Kier molecular flexibility index (Phi) is 4.34. The van der Waals surface area contributed by atoms with Gasteiger partial charge in [0.25, 0.3) is 0 Å². The van der Waals surface area contributed by atoms with Gasteiger partial charge in [0.2, 0.25) is 0 Å². The standard InChI is InChI=1S/C15H26NO/c1-6-15(17,7-2)14-10-8-13(9-11-14)12-16(3,4)5/h8-11,17H,6-7,12H2,1-5H3/q+1. The smallest absolute Gasteiger partial charge is 0.104 e. The molecule has 0 aliphatic rings. The van der Waals surface area contributed by atoms with Crippen LogP contribution >= 0.6 is 0 Å². The van der Waals surface area contributed by atoms with Crippen molar-refractivity contribution in [3.63, 3.8) is 0 Å². The Morgan fingerprint density at radius 1 is 1.00 bits per heavy atom. The van der Waals surface area contributed by atoms with Gasteiger partial charge in [-0.3, -0.25) is 0 Å². The summed E-state index contributed by atoms with van der Waals surface area (Å²) in [6, 6.07) is 8.40. The minimum atomic E-state index is -0.658. The fourth-order valence-electron chi connectivity index (χ4n) is 2.13. The van der Waals surface area contributed by atoms with E-state index >= 15 is 0 Å². The summed E-state index contributed by atoms with van der Waals surface area (Å²) in [5.41, 5.74) is 1.69. The first-order valence-electron chi connectivity index (χ1n) is 6.43. The summed E-state index contributed by atoms with van der Waals surface area (Å²) in [5.74, 6) is 0. The quantitative estimate of drug-likeness (QED) is 0.779. The minimum absolute atomic E-state index is 0.658. The molecule has 0 aliphatic carbocycles. The third-order valence-electron chi connectivity index (χ3n) is 3.32. The Hall–Kier alpha value is -0.860. The molecule has 0 atom stereocenters. The molecule has 1 N–H and O–H groups in total. The number of hydrogen-bond donors (Lipinski definition) is 1. The third kappa shape index (κ3) is 3.83. The number of hydrogen-bond acceptors (Lipinski definition) is 1. The molecule has 1 aromatic carbocycles. The highest BCUT2D eigenvalue weighted by Crippen LogP contribution is 2.28. The number of nitrogens with zero attached hydrogens (tertiary/aromatic N) is 1. The Morgan fingerprint density at radius 3 is 1.82 bits per heavy atom. The van der Waals surface area contributed by atoms with Gasteiger partial charge < -0.3 is 9.59 Å². The van der Waals surface area contributed by atoms with Gasteiger partial charge in [-0.1, -0.05) is 38.1 Å². The Bertz CT molecular complexity index is 344. The van der Waals surface area contributed by atoms with Crippen LogP contribution in [-0.2, 0) is 12.1 Å². The van der Waals surface area contributed by atoms with Gasteiger partial charge >= 0.3 is 0 Å². The average Bonchev–Trinajstić information content (AvgIpc) is 2.27. The average molecular weight is 236 g/mol. The van der Waals surface area contributed by atoms with Crippen molar-refractivity contribution in [1.82, 2.24) is 0 Å². The van der Waals surface area contributed by atoms with Crippen molar-refractivity contribution in [2.45, 2.75) is 38.8 Å². The summed E-state index contributed by atoms with van der Waals surface area (Å²) >= 11 is 0. The summed E-state index contributed by atoms with van der Waals surface area (Å²) in [7, 11) is 6.55. The lowest BCUT2D eigenvalue weighted by molar-refractivity contribution is -0.884. The second-order valence-electron chi connectivity index (χ2n) is 5.88. The van der Waals surface area contributed by atoms with Crippen LogP contribution in [0.1, 0.15) is 37.8 Å². The predicted octanol–water partition coefficient (Wildman–Crippen LogP) is 2.90. The van der Waals surface area contributed by atoms with Crippen LogP contribution in [0.5, 0.6) is 0 Å². The molecule has 0 amide bonds. The molecule has 1 rings (SSSR count). The molecule has 0 aliphatic heterocycles. The van der Waals surface area contributed by atoms with Crippen LogP contribution in [0.3, 0.4) is 0 Å².